The van der Waals surface area contributed by atoms with E-state index in [1.807, 2.05) is 25.1 Å². The Morgan fingerprint density at radius 1 is 1.22 bits per heavy atom. The molecule has 5 nitrogen and oxygen atoms in total. The second kappa shape index (κ2) is 6.96. The average molecular weight is 331 g/mol. The van der Waals surface area contributed by atoms with Gasteiger partial charge in [0.25, 0.3) is 5.91 Å². The van der Waals surface area contributed by atoms with Crippen LogP contribution in [0.4, 0.5) is 11.6 Å². The largest absolute Gasteiger partial charge is 0.348 e. The number of anilines is 2. The summed E-state index contributed by atoms with van der Waals surface area (Å²) in [6.07, 6.45) is 4.43. The van der Waals surface area contributed by atoms with E-state index in [0.29, 0.717) is 22.4 Å². The standard InChI is InChI=1S/C17H19ClN4O/c1-11-10-15(16(23)20-12-6-2-3-7-12)22-17(19-11)21-14-9-5-4-8-13(14)18/h4-5,8-10,12H,2-3,6-7H2,1H3,(H,20,23)(H,19,21,22). The molecule has 0 atom stereocenters. The van der Waals surface area contributed by atoms with E-state index in [1.165, 1.54) is 12.8 Å². The summed E-state index contributed by atoms with van der Waals surface area (Å²) in [4.78, 5) is 21.0. The molecule has 0 radical (unpaired) electrons. The lowest BCUT2D eigenvalue weighted by Gasteiger charge is -2.13. The Hall–Kier alpha value is -2.14. The minimum absolute atomic E-state index is 0.149. The van der Waals surface area contributed by atoms with Crippen molar-refractivity contribution in [1.29, 1.82) is 0 Å². The second-order valence-corrected chi connectivity index (χ2v) is 6.19. The monoisotopic (exact) mass is 330 g/mol. The number of para-hydroxylation sites is 1. The first-order valence-corrected chi connectivity index (χ1v) is 8.18. The molecule has 0 saturated heterocycles. The summed E-state index contributed by atoms with van der Waals surface area (Å²) in [6, 6.07) is 9.31. The van der Waals surface area contributed by atoms with E-state index in [0.717, 1.165) is 18.5 Å². The van der Waals surface area contributed by atoms with E-state index in [-0.39, 0.29) is 11.9 Å². The first-order chi connectivity index (χ1) is 11.1. The summed E-state index contributed by atoms with van der Waals surface area (Å²) in [6.45, 7) is 1.84. The third kappa shape index (κ3) is 3.99. The van der Waals surface area contributed by atoms with Gasteiger partial charge < -0.3 is 10.6 Å². The van der Waals surface area contributed by atoms with Crippen LogP contribution >= 0.6 is 11.6 Å². The fraction of sp³-hybridized carbons (Fsp3) is 0.353. The molecular weight excluding hydrogens is 312 g/mol. The molecule has 6 heteroatoms. The first kappa shape index (κ1) is 15.7. The van der Waals surface area contributed by atoms with Gasteiger partial charge in [0.15, 0.2) is 0 Å². The van der Waals surface area contributed by atoms with Gasteiger partial charge in [-0.15, -0.1) is 0 Å². The average Bonchev–Trinajstić information content (AvgIpc) is 3.02. The maximum Gasteiger partial charge on any atom is 0.270 e. The number of aromatic nitrogens is 2. The highest BCUT2D eigenvalue weighted by molar-refractivity contribution is 6.33. The second-order valence-electron chi connectivity index (χ2n) is 5.78. The normalized spacial score (nSPS) is 14.7. The van der Waals surface area contributed by atoms with Gasteiger partial charge >= 0.3 is 0 Å². The molecule has 23 heavy (non-hydrogen) atoms. The van der Waals surface area contributed by atoms with Gasteiger partial charge in [-0.05, 0) is 38.0 Å². The SMILES string of the molecule is Cc1cc(C(=O)NC2CCCC2)nc(Nc2ccccc2Cl)n1. The zero-order chi connectivity index (χ0) is 16.2. The van der Waals surface area contributed by atoms with Crippen molar-refractivity contribution in [3.05, 3.63) is 46.7 Å². The third-order valence-electron chi connectivity index (χ3n) is 3.90. The van der Waals surface area contributed by atoms with Gasteiger partial charge in [-0.3, -0.25) is 4.79 Å². The molecule has 0 aliphatic heterocycles. The van der Waals surface area contributed by atoms with Crippen LogP contribution in [0.15, 0.2) is 30.3 Å². The number of amides is 1. The molecule has 2 N–H and O–H groups in total. The molecule has 1 fully saturated rings. The van der Waals surface area contributed by atoms with Crippen molar-refractivity contribution in [1.82, 2.24) is 15.3 Å². The van der Waals surface area contributed by atoms with Gasteiger partial charge in [-0.1, -0.05) is 36.6 Å². The topological polar surface area (TPSA) is 66.9 Å². The summed E-state index contributed by atoms with van der Waals surface area (Å²) < 4.78 is 0. The predicted molar refractivity (Wildman–Crippen MR) is 91.2 cm³/mol. The lowest BCUT2D eigenvalue weighted by atomic mass is 10.2. The van der Waals surface area contributed by atoms with Gasteiger partial charge in [-0.25, -0.2) is 9.97 Å². The lowest BCUT2D eigenvalue weighted by Crippen LogP contribution is -2.33. The fourth-order valence-electron chi connectivity index (χ4n) is 2.75. The van der Waals surface area contributed by atoms with E-state index < -0.39 is 0 Å². The van der Waals surface area contributed by atoms with Crippen molar-refractivity contribution in [2.24, 2.45) is 0 Å². The number of nitrogens with zero attached hydrogens (tertiary/aromatic N) is 2. The van der Waals surface area contributed by atoms with Gasteiger partial charge in [0.2, 0.25) is 5.95 Å². The number of benzene rings is 1. The maximum absolute atomic E-state index is 12.4. The Bertz CT molecular complexity index is 713. The summed E-state index contributed by atoms with van der Waals surface area (Å²) in [5.41, 5.74) is 1.81. The number of rotatable bonds is 4. The lowest BCUT2D eigenvalue weighted by molar-refractivity contribution is 0.0932. The Kier molecular flexibility index (Phi) is 4.76. The van der Waals surface area contributed by atoms with Gasteiger partial charge in [0.1, 0.15) is 5.69 Å². The number of nitrogens with one attached hydrogen (secondary N) is 2. The molecule has 2 aromatic rings. The highest BCUT2D eigenvalue weighted by Crippen LogP contribution is 2.23. The number of hydrogen-bond donors (Lipinski definition) is 2. The van der Waals surface area contributed by atoms with E-state index >= 15 is 0 Å². The quantitative estimate of drug-likeness (QED) is 0.893. The van der Waals surface area contributed by atoms with E-state index in [1.54, 1.807) is 12.1 Å². The van der Waals surface area contributed by atoms with Gasteiger partial charge in [-0.2, -0.15) is 0 Å². The van der Waals surface area contributed by atoms with Crippen molar-refractivity contribution in [3.63, 3.8) is 0 Å². The Labute approximate surface area is 140 Å². The van der Waals surface area contributed by atoms with Crippen LogP contribution in [0, 0.1) is 6.92 Å². The van der Waals surface area contributed by atoms with Crippen LogP contribution in [0.25, 0.3) is 0 Å². The van der Waals surface area contributed by atoms with Gasteiger partial charge in [0, 0.05) is 11.7 Å². The number of hydrogen-bond acceptors (Lipinski definition) is 4. The summed E-state index contributed by atoms with van der Waals surface area (Å²) in [5, 5.41) is 6.69. The third-order valence-corrected chi connectivity index (χ3v) is 4.23. The van der Waals surface area contributed by atoms with Crippen LogP contribution in [0.2, 0.25) is 5.02 Å². The minimum Gasteiger partial charge on any atom is -0.348 e. The number of halogens is 1. The van der Waals surface area contributed by atoms with Crippen molar-refractivity contribution in [3.8, 4) is 0 Å². The van der Waals surface area contributed by atoms with E-state index in [9.17, 15) is 4.79 Å². The van der Waals surface area contributed by atoms with Crippen molar-refractivity contribution < 1.29 is 4.79 Å². The van der Waals surface area contributed by atoms with Crippen LogP contribution in [0.5, 0.6) is 0 Å². The highest BCUT2D eigenvalue weighted by atomic mass is 35.5. The molecule has 0 bridgehead atoms. The smallest absolute Gasteiger partial charge is 0.270 e. The molecule has 1 heterocycles. The van der Waals surface area contributed by atoms with Crippen LogP contribution in [-0.4, -0.2) is 21.9 Å². The van der Waals surface area contributed by atoms with E-state index in [2.05, 4.69) is 20.6 Å². The predicted octanol–water partition coefficient (Wildman–Crippen LogP) is 3.85. The molecule has 1 aliphatic carbocycles. The van der Waals surface area contributed by atoms with Crippen LogP contribution in [-0.2, 0) is 0 Å². The molecular formula is C17H19ClN4O. The molecule has 1 aromatic heterocycles. The van der Waals surface area contributed by atoms with Crippen molar-refractivity contribution in [2.45, 2.75) is 38.6 Å². The number of carbonyl (C=O) groups is 1. The summed E-state index contributed by atoms with van der Waals surface area (Å²) >= 11 is 6.13. The Morgan fingerprint density at radius 2 is 1.96 bits per heavy atom. The Balaban J connectivity index is 1.78. The molecule has 1 aromatic carbocycles. The molecule has 120 valence electrons. The highest BCUT2D eigenvalue weighted by Gasteiger charge is 2.19. The van der Waals surface area contributed by atoms with Crippen LogP contribution in [0.3, 0.4) is 0 Å². The summed E-state index contributed by atoms with van der Waals surface area (Å²) in [5.74, 6) is 0.222. The van der Waals surface area contributed by atoms with Crippen LogP contribution < -0.4 is 10.6 Å². The number of carbonyl (C=O) groups excluding carboxylic acids is 1. The maximum atomic E-state index is 12.4. The fourth-order valence-corrected chi connectivity index (χ4v) is 2.94. The molecule has 3 rings (SSSR count). The Morgan fingerprint density at radius 3 is 2.70 bits per heavy atom. The van der Waals surface area contributed by atoms with Crippen LogP contribution in [0.1, 0.15) is 41.9 Å². The summed E-state index contributed by atoms with van der Waals surface area (Å²) in [7, 11) is 0. The zero-order valence-corrected chi connectivity index (χ0v) is 13.7. The van der Waals surface area contributed by atoms with Gasteiger partial charge in [0.05, 0.1) is 10.7 Å². The minimum atomic E-state index is -0.149. The molecule has 1 saturated carbocycles. The first-order valence-electron chi connectivity index (χ1n) is 7.80. The van der Waals surface area contributed by atoms with Crippen molar-refractivity contribution >= 4 is 29.1 Å². The molecule has 0 unspecified atom stereocenters. The van der Waals surface area contributed by atoms with Crippen molar-refractivity contribution in [2.75, 3.05) is 5.32 Å². The zero-order valence-electron chi connectivity index (χ0n) is 13.0. The number of aryl methyl sites for hydroxylation is 1. The molecule has 1 aliphatic rings. The van der Waals surface area contributed by atoms with E-state index in [4.69, 9.17) is 11.6 Å². The molecule has 1 amide bonds. The molecule has 0 spiro atoms.